The van der Waals surface area contributed by atoms with Gasteiger partial charge in [0.05, 0.1) is 12.0 Å². The highest BCUT2D eigenvalue weighted by molar-refractivity contribution is 5.89. The molecule has 1 aliphatic carbocycles. The van der Waals surface area contributed by atoms with E-state index >= 15 is 0 Å². The summed E-state index contributed by atoms with van der Waals surface area (Å²) in [6.07, 6.45) is 7.48. The zero-order valence-electron chi connectivity index (χ0n) is 18.6. The van der Waals surface area contributed by atoms with Gasteiger partial charge < -0.3 is 15.1 Å². The minimum Gasteiger partial charge on any atom is -0.353 e. The fourth-order valence-corrected chi connectivity index (χ4v) is 5.37. The Labute approximate surface area is 185 Å². The van der Waals surface area contributed by atoms with E-state index < -0.39 is 0 Å². The van der Waals surface area contributed by atoms with Crippen molar-refractivity contribution >= 4 is 17.7 Å². The van der Waals surface area contributed by atoms with E-state index in [0.717, 1.165) is 44.1 Å². The summed E-state index contributed by atoms with van der Waals surface area (Å²) in [5, 5.41) is 3.23. The molecule has 3 fully saturated rings. The Bertz CT molecular complexity index is 782. The van der Waals surface area contributed by atoms with Crippen LogP contribution < -0.4 is 5.32 Å². The third kappa shape index (κ3) is 5.10. The maximum atomic E-state index is 13.1. The first-order valence-electron chi connectivity index (χ1n) is 12.0. The van der Waals surface area contributed by atoms with Crippen LogP contribution in [0.25, 0.3) is 0 Å². The molecule has 1 saturated carbocycles. The molecule has 1 aromatic rings. The first-order valence-corrected chi connectivity index (χ1v) is 12.0. The van der Waals surface area contributed by atoms with Crippen molar-refractivity contribution in [2.75, 3.05) is 19.6 Å². The number of nitrogens with one attached hydrogen (secondary N) is 1. The lowest BCUT2D eigenvalue weighted by Gasteiger charge is -2.35. The molecule has 0 radical (unpaired) electrons. The number of carbonyl (C=O) groups is 3. The molecule has 0 aromatic heterocycles. The zero-order chi connectivity index (χ0) is 21.8. The van der Waals surface area contributed by atoms with Gasteiger partial charge in [0.15, 0.2) is 0 Å². The predicted octanol–water partition coefficient (Wildman–Crippen LogP) is 3.28. The van der Waals surface area contributed by atoms with Crippen molar-refractivity contribution in [2.24, 2.45) is 11.8 Å². The van der Waals surface area contributed by atoms with Crippen molar-refractivity contribution in [2.45, 2.75) is 70.4 Å². The smallest absolute Gasteiger partial charge is 0.227 e. The van der Waals surface area contributed by atoms with Crippen LogP contribution in [0.2, 0.25) is 0 Å². The van der Waals surface area contributed by atoms with Gasteiger partial charge in [0.1, 0.15) is 0 Å². The fraction of sp³-hybridized carbons (Fsp3) is 0.640. The van der Waals surface area contributed by atoms with E-state index in [1.807, 2.05) is 47.1 Å². The van der Waals surface area contributed by atoms with E-state index in [-0.39, 0.29) is 41.6 Å². The van der Waals surface area contributed by atoms with Crippen LogP contribution in [0.4, 0.5) is 0 Å². The van der Waals surface area contributed by atoms with Crippen molar-refractivity contribution in [1.82, 2.24) is 15.1 Å². The van der Waals surface area contributed by atoms with Crippen LogP contribution in [0.3, 0.4) is 0 Å². The topological polar surface area (TPSA) is 69.7 Å². The van der Waals surface area contributed by atoms with E-state index in [1.54, 1.807) is 0 Å². The van der Waals surface area contributed by atoms with Crippen molar-refractivity contribution in [3.05, 3.63) is 35.9 Å². The molecule has 168 valence electrons. The molecule has 6 heteroatoms. The molecule has 2 unspecified atom stereocenters. The number of piperidine rings is 1. The maximum Gasteiger partial charge on any atom is 0.227 e. The molecular formula is C25H35N3O3. The van der Waals surface area contributed by atoms with Crippen LogP contribution in [0.1, 0.15) is 69.9 Å². The summed E-state index contributed by atoms with van der Waals surface area (Å²) < 4.78 is 0. The van der Waals surface area contributed by atoms with Crippen LogP contribution >= 0.6 is 0 Å². The summed E-state index contributed by atoms with van der Waals surface area (Å²) in [6.45, 7) is 3.84. The molecule has 31 heavy (non-hydrogen) atoms. The number of hydrogen-bond donors (Lipinski definition) is 1. The highest BCUT2D eigenvalue weighted by Gasteiger charge is 2.39. The number of benzene rings is 1. The van der Waals surface area contributed by atoms with Gasteiger partial charge in [-0.3, -0.25) is 14.4 Å². The highest BCUT2D eigenvalue weighted by atomic mass is 16.2. The molecule has 6 nitrogen and oxygen atoms in total. The van der Waals surface area contributed by atoms with E-state index in [0.29, 0.717) is 26.1 Å². The largest absolute Gasteiger partial charge is 0.353 e. The number of hydrogen-bond acceptors (Lipinski definition) is 3. The molecular weight excluding hydrogens is 390 g/mol. The van der Waals surface area contributed by atoms with Gasteiger partial charge in [0.25, 0.3) is 0 Å². The van der Waals surface area contributed by atoms with Crippen molar-refractivity contribution in [1.29, 1.82) is 0 Å². The molecule has 2 heterocycles. The van der Waals surface area contributed by atoms with Gasteiger partial charge in [-0.1, -0.05) is 49.6 Å². The van der Waals surface area contributed by atoms with Gasteiger partial charge in [-0.2, -0.15) is 0 Å². The summed E-state index contributed by atoms with van der Waals surface area (Å²) in [5.41, 5.74) is 1.10. The van der Waals surface area contributed by atoms with Gasteiger partial charge in [-0.25, -0.2) is 0 Å². The normalized spacial score (nSPS) is 24.3. The van der Waals surface area contributed by atoms with E-state index in [1.165, 1.54) is 6.42 Å². The Morgan fingerprint density at radius 2 is 1.65 bits per heavy atom. The van der Waals surface area contributed by atoms with E-state index in [4.69, 9.17) is 0 Å². The first kappa shape index (κ1) is 21.8. The number of carbonyl (C=O) groups excluding carboxylic acids is 3. The van der Waals surface area contributed by atoms with Crippen molar-refractivity contribution < 1.29 is 14.4 Å². The van der Waals surface area contributed by atoms with Gasteiger partial charge >= 0.3 is 0 Å². The third-order valence-electron chi connectivity index (χ3n) is 7.39. The summed E-state index contributed by atoms with van der Waals surface area (Å²) in [4.78, 5) is 42.0. The van der Waals surface area contributed by atoms with Crippen LogP contribution in [-0.4, -0.2) is 53.2 Å². The lowest BCUT2D eigenvalue weighted by molar-refractivity contribution is -0.137. The molecule has 0 bridgehead atoms. The average molecular weight is 426 g/mol. The number of amides is 3. The molecule has 1 aromatic carbocycles. The van der Waals surface area contributed by atoms with E-state index in [2.05, 4.69) is 5.32 Å². The monoisotopic (exact) mass is 425 g/mol. The molecule has 2 aliphatic heterocycles. The SMILES string of the molecule is CC(c1ccccc1)N1CC(C(=O)N2CCC(NC(=O)C3CCCCC3)CC2)CC1=O. The van der Waals surface area contributed by atoms with Crippen LogP contribution in [0, 0.1) is 11.8 Å². The van der Waals surface area contributed by atoms with Gasteiger partial charge in [-0.15, -0.1) is 0 Å². The molecule has 2 saturated heterocycles. The Kier molecular flexibility index (Phi) is 6.93. The Morgan fingerprint density at radius 3 is 2.32 bits per heavy atom. The summed E-state index contributed by atoms with van der Waals surface area (Å²) in [7, 11) is 0. The van der Waals surface area contributed by atoms with Gasteiger partial charge in [0, 0.05) is 38.0 Å². The molecule has 1 N–H and O–H groups in total. The van der Waals surface area contributed by atoms with Crippen LogP contribution in [0.5, 0.6) is 0 Å². The zero-order valence-corrected chi connectivity index (χ0v) is 18.6. The quantitative estimate of drug-likeness (QED) is 0.787. The van der Waals surface area contributed by atoms with Crippen molar-refractivity contribution in [3.8, 4) is 0 Å². The fourth-order valence-electron chi connectivity index (χ4n) is 5.37. The third-order valence-corrected chi connectivity index (χ3v) is 7.39. The second kappa shape index (κ2) is 9.84. The maximum absolute atomic E-state index is 13.1. The minimum atomic E-state index is -0.257. The molecule has 4 rings (SSSR count). The number of likely N-dealkylation sites (tertiary alicyclic amines) is 2. The van der Waals surface area contributed by atoms with E-state index in [9.17, 15) is 14.4 Å². The van der Waals surface area contributed by atoms with Gasteiger partial charge in [0.2, 0.25) is 17.7 Å². The van der Waals surface area contributed by atoms with Crippen LogP contribution in [-0.2, 0) is 14.4 Å². The Hall–Kier alpha value is -2.37. The molecule has 0 spiro atoms. The number of nitrogens with zero attached hydrogens (tertiary/aromatic N) is 2. The number of rotatable bonds is 5. The standard InChI is InChI=1S/C25H35N3O3/c1-18(19-8-4-2-5-9-19)28-17-21(16-23(28)29)25(31)27-14-12-22(13-15-27)26-24(30)20-10-6-3-7-11-20/h2,4-5,8-9,18,20-22H,3,6-7,10-17H2,1H3,(H,26,30). The molecule has 3 amide bonds. The molecule has 2 atom stereocenters. The average Bonchev–Trinajstić information content (AvgIpc) is 3.21. The first-order chi connectivity index (χ1) is 15.0. The molecule has 3 aliphatic rings. The Morgan fingerprint density at radius 1 is 0.968 bits per heavy atom. The second-order valence-corrected chi connectivity index (χ2v) is 9.48. The van der Waals surface area contributed by atoms with Crippen molar-refractivity contribution in [3.63, 3.8) is 0 Å². The Balaban J connectivity index is 1.26. The summed E-state index contributed by atoms with van der Waals surface area (Å²) in [5.74, 6) is 0.274. The lowest BCUT2D eigenvalue weighted by atomic mass is 9.88. The summed E-state index contributed by atoms with van der Waals surface area (Å²) >= 11 is 0. The minimum absolute atomic E-state index is 0.0211. The summed E-state index contributed by atoms with van der Waals surface area (Å²) in [6, 6.07) is 10.1. The van der Waals surface area contributed by atoms with Gasteiger partial charge in [-0.05, 0) is 38.2 Å². The second-order valence-electron chi connectivity index (χ2n) is 9.48. The van der Waals surface area contributed by atoms with Crippen LogP contribution in [0.15, 0.2) is 30.3 Å². The predicted molar refractivity (Wildman–Crippen MR) is 119 cm³/mol. The lowest BCUT2D eigenvalue weighted by Crippen LogP contribution is -2.49. The highest BCUT2D eigenvalue weighted by Crippen LogP contribution is 2.30.